The van der Waals surface area contributed by atoms with Crippen LogP contribution in [0.5, 0.6) is 0 Å². The van der Waals surface area contributed by atoms with Gasteiger partial charge in [0.1, 0.15) is 0 Å². The van der Waals surface area contributed by atoms with Gasteiger partial charge in [-0.25, -0.2) is 4.79 Å². The summed E-state index contributed by atoms with van der Waals surface area (Å²) < 4.78 is 0. The van der Waals surface area contributed by atoms with Crippen molar-refractivity contribution in [1.29, 1.82) is 0 Å². The number of hydrogen-bond acceptors (Lipinski definition) is 2. The number of nitrogens with two attached hydrogens (primary N) is 1. The highest BCUT2D eigenvalue weighted by Gasteiger charge is 2.11. The maximum atomic E-state index is 11.3. The van der Waals surface area contributed by atoms with E-state index in [1.165, 1.54) is 11.1 Å². The van der Waals surface area contributed by atoms with Gasteiger partial charge >= 0.3 is 5.69 Å². The molecule has 3 aromatic rings. The topological polar surface area (TPSA) is 74.7 Å². The van der Waals surface area contributed by atoms with Crippen molar-refractivity contribution in [3.63, 3.8) is 0 Å². The summed E-state index contributed by atoms with van der Waals surface area (Å²) in [6.07, 6.45) is 0.865. The monoisotopic (exact) mass is 267 g/mol. The van der Waals surface area contributed by atoms with Crippen LogP contribution in [0.1, 0.15) is 17.0 Å². The zero-order valence-corrected chi connectivity index (χ0v) is 11.1. The molecule has 4 heteroatoms. The van der Waals surface area contributed by atoms with Gasteiger partial charge in [0.25, 0.3) is 0 Å². The van der Waals surface area contributed by atoms with Gasteiger partial charge in [0.2, 0.25) is 0 Å². The molecule has 2 aromatic carbocycles. The number of imidazole rings is 1. The third-order valence-corrected chi connectivity index (χ3v) is 3.62. The average molecular weight is 267 g/mol. The molecule has 102 valence electrons. The number of nitrogens with one attached hydrogen (secondary N) is 2. The molecular formula is C16H17N3O. The van der Waals surface area contributed by atoms with Gasteiger partial charge in [-0.3, -0.25) is 0 Å². The minimum Gasteiger partial charge on any atom is -0.330 e. The van der Waals surface area contributed by atoms with Crippen molar-refractivity contribution < 1.29 is 0 Å². The molecule has 0 bridgehead atoms. The number of aromatic nitrogens is 2. The molecule has 4 nitrogen and oxygen atoms in total. The van der Waals surface area contributed by atoms with Crippen molar-refractivity contribution in [2.75, 3.05) is 6.54 Å². The van der Waals surface area contributed by atoms with Crippen LogP contribution in [0.15, 0.2) is 53.3 Å². The summed E-state index contributed by atoms with van der Waals surface area (Å²) in [5.74, 6) is 0.291. The zero-order valence-electron chi connectivity index (χ0n) is 11.1. The third kappa shape index (κ3) is 2.51. The lowest BCUT2D eigenvalue weighted by Gasteiger charge is -2.15. The first-order valence-electron chi connectivity index (χ1n) is 6.72. The smallest absolute Gasteiger partial charge is 0.323 e. The summed E-state index contributed by atoms with van der Waals surface area (Å²) in [6, 6.07) is 16.3. The van der Waals surface area contributed by atoms with Gasteiger partial charge in [-0.05, 0) is 36.2 Å². The van der Waals surface area contributed by atoms with Crippen molar-refractivity contribution in [3.8, 4) is 0 Å². The molecule has 3 rings (SSSR count). The summed E-state index contributed by atoms with van der Waals surface area (Å²) >= 11 is 0. The highest BCUT2D eigenvalue weighted by Crippen LogP contribution is 2.21. The molecule has 0 spiro atoms. The van der Waals surface area contributed by atoms with Gasteiger partial charge in [0.15, 0.2) is 0 Å². The lowest BCUT2D eigenvalue weighted by Crippen LogP contribution is -2.14. The van der Waals surface area contributed by atoms with E-state index in [9.17, 15) is 4.79 Å². The van der Waals surface area contributed by atoms with Crippen LogP contribution in [0, 0.1) is 0 Å². The lowest BCUT2D eigenvalue weighted by molar-refractivity contribution is 0.695. The second kappa shape index (κ2) is 5.35. The van der Waals surface area contributed by atoms with E-state index >= 15 is 0 Å². The standard InChI is InChI=1S/C16H17N3O/c17-10-13(12-4-2-1-3-5-12)8-11-6-7-14-15(9-11)19-16(20)18-14/h1-7,9,13H,8,10,17H2,(H2,18,19,20). The lowest BCUT2D eigenvalue weighted by atomic mass is 9.92. The van der Waals surface area contributed by atoms with Crippen LogP contribution in [-0.2, 0) is 6.42 Å². The quantitative estimate of drug-likeness (QED) is 0.677. The molecule has 1 aromatic heterocycles. The summed E-state index contributed by atoms with van der Waals surface area (Å²) in [4.78, 5) is 16.8. The minimum absolute atomic E-state index is 0.171. The van der Waals surface area contributed by atoms with Crippen LogP contribution in [0.2, 0.25) is 0 Å². The van der Waals surface area contributed by atoms with Crippen molar-refractivity contribution in [2.24, 2.45) is 5.73 Å². The SMILES string of the molecule is NCC(Cc1ccc2[nH]c(=O)[nH]c2c1)c1ccccc1. The van der Waals surface area contributed by atoms with Gasteiger partial charge < -0.3 is 15.7 Å². The number of benzene rings is 2. The van der Waals surface area contributed by atoms with Gasteiger partial charge in [-0.1, -0.05) is 36.4 Å². The summed E-state index contributed by atoms with van der Waals surface area (Å²) in [5.41, 5.74) is 9.84. The maximum Gasteiger partial charge on any atom is 0.323 e. The van der Waals surface area contributed by atoms with Crippen molar-refractivity contribution >= 4 is 11.0 Å². The highest BCUT2D eigenvalue weighted by atomic mass is 16.1. The number of aromatic amines is 2. The van der Waals surface area contributed by atoms with Gasteiger partial charge in [0.05, 0.1) is 11.0 Å². The number of fused-ring (bicyclic) bond motifs is 1. The Balaban J connectivity index is 1.89. The molecule has 0 amide bonds. The molecule has 0 aliphatic heterocycles. The first kappa shape index (κ1) is 12.7. The molecule has 1 atom stereocenters. The molecule has 0 aliphatic rings. The third-order valence-electron chi connectivity index (χ3n) is 3.62. The van der Waals surface area contributed by atoms with Crippen LogP contribution < -0.4 is 11.4 Å². The highest BCUT2D eigenvalue weighted by molar-refractivity contribution is 5.75. The Morgan fingerprint density at radius 1 is 1.00 bits per heavy atom. The van der Waals surface area contributed by atoms with Crippen LogP contribution in [0.3, 0.4) is 0 Å². The van der Waals surface area contributed by atoms with Crippen molar-refractivity contribution in [1.82, 2.24) is 9.97 Å². The predicted octanol–water partition coefficient (Wildman–Crippen LogP) is 2.14. The van der Waals surface area contributed by atoms with Crippen molar-refractivity contribution in [3.05, 3.63) is 70.1 Å². The van der Waals surface area contributed by atoms with E-state index in [2.05, 4.69) is 22.1 Å². The molecule has 0 radical (unpaired) electrons. The van der Waals surface area contributed by atoms with Gasteiger partial charge in [-0.15, -0.1) is 0 Å². The fourth-order valence-electron chi connectivity index (χ4n) is 2.55. The Kier molecular flexibility index (Phi) is 3.39. The Hall–Kier alpha value is -2.33. The average Bonchev–Trinajstić information content (AvgIpc) is 2.85. The van der Waals surface area contributed by atoms with Gasteiger partial charge in [0, 0.05) is 5.92 Å². The van der Waals surface area contributed by atoms with Crippen molar-refractivity contribution in [2.45, 2.75) is 12.3 Å². The molecular weight excluding hydrogens is 250 g/mol. The van der Waals surface area contributed by atoms with E-state index in [1.54, 1.807) is 0 Å². The fourth-order valence-corrected chi connectivity index (χ4v) is 2.55. The van der Waals surface area contributed by atoms with E-state index in [-0.39, 0.29) is 5.69 Å². The molecule has 1 heterocycles. The maximum absolute atomic E-state index is 11.3. The molecule has 0 aliphatic carbocycles. The molecule has 20 heavy (non-hydrogen) atoms. The van der Waals surface area contributed by atoms with Crippen LogP contribution in [0.4, 0.5) is 0 Å². The fraction of sp³-hybridized carbons (Fsp3) is 0.188. The predicted molar refractivity (Wildman–Crippen MR) is 80.9 cm³/mol. The van der Waals surface area contributed by atoms with Crippen LogP contribution >= 0.6 is 0 Å². The summed E-state index contributed by atoms with van der Waals surface area (Å²) in [6.45, 7) is 0.603. The van der Waals surface area contributed by atoms with Gasteiger partial charge in [-0.2, -0.15) is 0 Å². The minimum atomic E-state index is -0.171. The van der Waals surface area contributed by atoms with E-state index in [0.29, 0.717) is 12.5 Å². The number of rotatable bonds is 4. The van der Waals surface area contributed by atoms with E-state index < -0.39 is 0 Å². The Morgan fingerprint density at radius 3 is 2.50 bits per heavy atom. The second-order valence-electron chi connectivity index (χ2n) is 5.01. The molecule has 0 saturated carbocycles. The first-order chi connectivity index (χ1) is 9.76. The Bertz CT molecular complexity index is 758. The largest absolute Gasteiger partial charge is 0.330 e. The normalized spacial score (nSPS) is 12.7. The number of hydrogen-bond donors (Lipinski definition) is 3. The molecule has 1 unspecified atom stereocenters. The summed E-state index contributed by atoms with van der Waals surface area (Å²) in [7, 11) is 0. The summed E-state index contributed by atoms with van der Waals surface area (Å²) in [5, 5.41) is 0. The number of H-pyrrole nitrogens is 2. The zero-order chi connectivity index (χ0) is 13.9. The first-order valence-corrected chi connectivity index (χ1v) is 6.72. The van der Waals surface area contributed by atoms with E-state index in [4.69, 9.17) is 5.73 Å². The molecule has 0 fully saturated rings. The second-order valence-corrected chi connectivity index (χ2v) is 5.01. The Labute approximate surface area is 116 Å². The van der Waals surface area contributed by atoms with E-state index in [0.717, 1.165) is 17.5 Å². The Morgan fingerprint density at radius 2 is 1.75 bits per heavy atom. The molecule has 4 N–H and O–H groups in total. The van der Waals surface area contributed by atoms with Crippen LogP contribution in [-0.4, -0.2) is 16.5 Å². The molecule has 0 saturated heterocycles. The van der Waals surface area contributed by atoms with Crippen LogP contribution in [0.25, 0.3) is 11.0 Å². The van der Waals surface area contributed by atoms with E-state index in [1.807, 2.05) is 36.4 Å².